The molecule has 1 aliphatic rings. The van der Waals surface area contributed by atoms with Gasteiger partial charge in [0.1, 0.15) is 0 Å². The van der Waals surface area contributed by atoms with Gasteiger partial charge in [0.05, 0.1) is 38.2 Å². The van der Waals surface area contributed by atoms with E-state index in [-0.39, 0.29) is 0 Å². The molecule has 2 heterocycles. The highest BCUT2D eigenvalue weighted by Gasteiger charge is 2.31. The van der Waals surface area contributed by atoms with E-state index in [1.165, 1.54) is 143 Å². The minimum atomic E-state index is -1.56. The van der Waals surface area contributed by atoms with Gasteiger partial charge in [0.25, 0.3) is 0 Å². The Bertz CT molecular complexity index is 3830. The van der Waals surface area contributed by atoms with Crippen LogP contribution in [-0.4, -0.2) is 25.3 Å². The van der Waals surface area contributed by atoms with Crippen LogP contribution in [-0.2, 0) is 0 Å². The van der Waals surface area contributed by atoms with Crippen molar-refractivity contribution in [3.05, 3.63) is 193 Å². The molecule has 1 aliphatic carbocycles. The number of rotatable bonds is 6. The molecule has 0 atom stereocenters. The van der Waals surface area contributed by atoms with E-state index in [1.54, 1.807) is 0 Å². The fourth-order valence-corrected chi connectivity index (χ4v) is 13.9. The normalized spacial score (nSPS) is 12.7. The van der Waals surface area contributed by atoms with Gasteiger partial charge in [0.2, 0.25) is 0 Å². The second-order valence-corrected chi connectivity index (χ2v) is 31.7. The van der Waals surface area contributed by atoms with Crippen LogP contribution < -0.4 is 10.4 Å². The molecule has 2 nitrogen and oxygen atoms in total. The van der Waals surface area contributed by atoms with Gasteiger partial charge in [-0.2, -0.15) is 0 Å². The zero-order chi connectivity index (χ0) is 46.4. The van der Waals surface area contributed by atoms with Crippen LogP contribution in [0.3, 0.4) is 0 Å². The highest BCUT2D eigenvalue weighted by atomic mass is 28.3. The summed E-state index contributed by atoms with van der Waals surface area (Å²) in [4.78, 5) is 0. The van der Waals surface area contributed by atoms with Crippen molar-refractivity contribution in [2.24, 2.45) is 0 Å². The number of benzene rings is 10. The third-order valence-corrected chi connectivity index (χ3v) is 19.2. The molecule has 0 aliphatic heterocycles. The lowest BCUT2D eigenvalue weighted by molar-refractivity contribution is 1.18. The van der Waals surface area contributed by atoms with Gasteiger partial charge in [0.15, 0.2) is 0 Å². The molecule has 328 valence electrons. The summed E-state index contributed by atoms with van der Waals surface area (Å²) in [6.07, 6.45) is 0. The van der Waals surface area contributed by atoms with Crippen LogP contribution in [0, 0.1) is 13.8 Å². The van der Waals surface area contributed by atoms with Crippen molar-refractivity contribution >= 4 is 91.7 Å². The average Bonchev–Trinajstić information content (AvgIpc) is 3.95. The van der Waals surface area contributed by atoms with Crippen molar-refractivity contribution in [3.63, 3.8) is 0 Å². The van der Waals surface area contributed by atoms with E-state index in [4.69, 9.17) is 0 Å². The molecule has 0 saturated carbocycles. The summed E-state index contributed by atoms with van der Waals surface area (Å²) in [6, 6.07) is 70.1. The van der Waals surface area contributed by atoms with Crippen LogP contribution in [0.4, 0.5) is 0 Å². The Kier molecular flexibility index (Phi) is 8.82. The second-order valence-electron chi connectivity index (χ2n) is 21.5. The molecule has 0 fully saturated rings. The quantitative estimate of drug-likeness (QED) is 0.147. The molecule has 0 saturated heterocycles. The van der Waals surface area contributed by atoms with Crippen LogP contribution in [0.15, 0.2) is 182 Å². The van der Waals surface area contributed by atoms with E-state index >= 15 is 0 Å². The lowest BCUT2D eigenvalue weighted by Crippen LogP contribution is -2.37. The lowest BCUT2D eigenvalue weighted by atomic mass is 9.82. The number of nitrogens with zero attached hydrogens (tertiary/aromatic N) is 2. The van der Waals surface area contributed by atoms with Crippen molar-refractivity contribution in [3.8, 4) is 55.9 Å². The van der Waals surface area contributed by atoms with Crippen molar-refractivity contribution in [2.75, 3.05) is 0 Å². The van der Waals surface area contributed by atoms with Crippen LogP contribution in [0.5, 0.6) is 0 Å². The number of fused-ring (bicyclic) bond motifs is 10. The number of hydrogen-bond acceptors (Lipinski definition) is 0. The van der Waals surface area contributed by atoms with Gasteiger partial charge in [-0.1, -0.05) is 183 Å². The molecular weight excluding hydrogens is 853 g/mol. The molecule has 10 aromatic carbocycles. The first-order valence-corrected chi connectivity index (χ1v) is 31.3. The van der Waals surface area contributed by atoms with Crippen LogP contribution in [0.1, 0.15) is 11.1 Å². The lowest BCUT2D eigenvalue weighted by Gasteiger charge is -2.21. The summed E-state index contributed by atoms with van der Waals surface area (Å²) in [5.41, 5.74) is 20.3. The molecular formula is C64H54N2Si2. The summed E-state index contributed by atoms with van der Waals surface area (Å²) in [5.74, 6) is 0. The molecule has 2 aromatic heterocycles. The summed E-state index contributed by atoms with van der Waals surface area (Å²) < 4.78 is 5.01. The van der Waals surface area contributed by atoms with E-state index in [0.717, 1.165) is 0 Å². The molecule has 0 N–H and O–H groups in total. The molecule has 68 heavy (non-hydrogen) atoms. The predicted molar refractivity (Wildman–Crippen MR) is 301 cm³/mol. The zero-order valence-corrected chi connectivity index (χ0v) is 42.2. The number of hydrogen-bond donors (Lipinski definition) is 0. The Hall–Kier alpha value is -7.25. The van der Waals surface area contributed by atoms with Crippen LogP contribution in [0.25, 0.3) is 121 Å². The Labute approximate surface area is 400 Å². The van der Waals surface area contributed by atoms with Crippen molar-refractivity contribution in [1.29, 1.82) is 0 Å². The highest BCUT2D eigenvalue weighted by Crippen LogP contribution is 2.57. The van der Waals surface area contributed by atoms with E-state index in [9.17, 15) is 0 Å². The van der Waals surface area contributed by atoms with Crippen molar-refractivity contribution in [2.45, 2.75) is 53.1 Å². The summed E-state index contributed by atoms with van der Waals surface area (Å²) >= 11 is 0. The smallest absolute Gasteiger partial charge is 0.0776 e. The summed E-state index contributed by atoms with van der Waals surface area (Å²) in [7, 11) is -3.12. The zero-order valence-electron chi connectivity index (χ0n) is 40.2. The third-order valence-electron chi connectivity index (χ3n) is 15.1. The fraction of sp³-hybridized carbons (Fsp3) is 0.125. The minimum Gasteiger partial charge on any atom is -0.309 e. The first-order valence-electron chi connectivity index (χ1n) is 24.3. The Morgan fingerprint density at radius 2 is 0.706 bits per heavy atom. The number of aromatic nitrogens is 2. The van der Waals surface area contributed by atoms with Gasteiger partial charge in [-0.15, -0.1) is 0 Å². The average molecular weight is 907 g/mol. The first kappa shape index (κ1) is 41.0. The third kappa shape index (κ3) is 6.07. The van der Waals surface area contributed by atoms with E-state index in [1.807, 2.05) is 0 Å². The summed E-state index contributed by atoms with van der Waals surface area (Å²) in [5, 5.41) is 13.3. The largest absolute Gasteiger partial charge is 0.309 e. The monoisotopic (exact) mass is 906 g/mol. The molecule has 0 amide bonds. The SMILES string of the molecule is Cc1ccc2c3ccc([Si](C)(C)C)cc3n(-c3ccc(-c4c5c(c(-c6ccc(-n7c8cc(C)ccc8c8ccc([Si](C)(C)C)cc87)cc6)c6ccccc46)-c4cccc6cccc-5c46)cc3)c2c1. The van der Waals surface area contributed by atoms with Gasteiger partial charge in [0, 0.05) is 32.9 Å². The van der Waals surface area contributed by atoms with Gasteiger partial charge in [-0.05, 0) is 140 Å². The first-order chi connectivity index (χ1) is 32.8. The molecule has 0 radical (unpaired) electrons. The Morgan fingerprint density at radius 3 is 1.10 bits per heavy atom. The highest BCUT2D eigenvalue weighted by molar-refractivity contribution is 6.89. The standard InChI is InChI=1S/C64H54N2Si2/c1-39-19-31-48-50-33-29-46(67(3,4)5)37-58(50)65(56(48)35-39)44-25-21-42(22-26-44)61-52-15-9-10-16-53(52)62(64-55-18-12-14-41-13-11-17-54(60(41)55)63(61)64)43-23-27-45(28-24-43)66-57-36-40(2)20-32-49(57)51-34-30-47(38-59(51)66)68(6,7)8/h9-38H,1-8H3. The van der Waals surface area contributed by atoms with Crippen LogP contribution >= 0.6 is 0 Å². The fourth-order valence-electron chi connectivity index (χ4n) is 11.6. The molecule has 4 heteroatoms. The Morgan fingerprint density at radius 1 is 0.324 bits per heavy atom. The molecule has 0 bridgehead atoms. The van der Waals surface area contributed by atoms with Crippen molar-refractivity contribution in [1.82, 2.24) is 9.13 Å². The maximum Gasteiger partial charge on any atom is 0.0776 e. The van der Waals surface area contributed by atoms with Gasteiger partial charge in [-0.3, -0.25) is 0 Å². The summed E-state index contributed by atoms with van der Waals surface area (Å²) in [6.45, 7) is 19.1. The van der Waals surface area contributed by atoms with Gasteiger partial charge < -0.3 is 9.13 Å². The van der Waals surface area contributed by atoms with Gasteiger partial charge >= 0.3 is 0 Å². The van der Waals surface area contributed by atoms with Crippen LogP contribution in [0.2, 0.25) is 39.3 Å². The topological polar surface area (TPSA) is 9.86 Å². The molecule has 13 rings (SSSR count). The van der Waals surface area contributed by atoms with Gasteiger partial charge in [-0.25, -0.2) is 0 Å². The van der Waals surface area contributed by atoms with E-state index < -0.39 is 16.1 Å². The number of aryl methyl sites for hydroxylation is 2. The predicted octanol–water partition coefficient (Wildman–Crippen LogP) is 16.9. The molecule has 12 aromatic rings. The second kappa shape index (κ2) is 14.6. The Balaban J connectivity index is 1.03. The van der Waals surface area contributed by atoms with E-state index in [0.29, 0.717) is 0 Å². The minimum absolute atomic E-state index is 1.19. The van der Waals surface area contributed by atoms with E-state index in [2.05, 4.69) is 244 Å². The maximum atomic E-state index is 2.50. The van der Waals surface area contributed by atoms with Crippen molar-refractivity contribution < 1.29 is 0 Å². The maximum absolute atomic E-state index is 2.50. The molecule has 0 spiro atoms. The molecule has 0 unspecified atom stereocenters.